The molecule has 0 bridgehead atoms. The van der Waals surface area contributed by atoms with Crippen LogP contribution in [0.5, 0.6) is 11.5 Å². The summed E-state index contributed by atoms with van der Waals surface area (Å²) in [7, 11) is 3.25. The van der Waals surface area contributed by atoms with Gasteiger partial charge in [-0.2, -0.15) is 0 Å². The van der Waals surface area contributed by atoms with Crippen molar-refractivity contribution < 1.29 is 14.3 Å². The molecule has 0 saturated carbocycles. The van der Waals surface area contributed by atoms with Crippen LogP contribution < -0.4 is 20.1 Å². The van der Waals surface area contributed by atoms with Crippen LogP contribution in [0.3, 0.4) is 0 Å². The molecule has 1 aliphatic heterocycles. The van der Waals surface area contributed by atoms with Gasteiger partial charge in [0.05, 0.1) is 20.3 Å². The van der Waals surface area contributed by atoms with Gasteiger partial charge in [-0.15, -0.1) is 0 Å². The first kappa shape index (κ1) is 16.6. The van der Waals surface area contributed by atoms with E-state index in [-0.39, 0.29) is 17.4 Å². The molecule has 1 heterocycles. The molecule has 1 atom stereocenters. The molecule has 0 spiro atoms. The van der Waals surface area contributed by atoms with Gasteiger partial charge in [0.25, 0.3) is 0 Å². The molecule has 5 nitrogen and oxygen atoms in total. The lowest BCUT2D eigenvalue weighted by atomic mass is 9.84. The predicted octanol–water partition coefficient (Wildman–Crippen LogP) is 1.85. The number of carbonyl (C=O) groups excluding carboxylic acids is 1. The van der Waals surface area contributed by atoms with E-state index < -0.39 is 0 Å². The Bertz CT molecular complexity index is 523. The molecule has 1 amide bonds. The van der Waals surface area contributed by atoms with Crippen LogP contribution >= 0.6 is 0 Å². The van der Waals surface area contributed by atoms with Crippen molar-refractivity contribution >= 4 is 5.91 Å². The highest BCUT2D eigenvalue weighted by Crippen LogP contribution is 2.32. The minimum atomic E-state index is -0.187. The summed E-state index contributed by atoms with van der Waals surface area (Å²) in [5.74, 6) is 1.50. The Morgan fingerprint density at radius 1 is 1.32 bits per heavy atom. The summed E-state index contributed by atoms with van der Waals surface area (Å²) in [4.78, 5) is 12.1. The van der Waals surface area contributed by atoms with Gasteiger partial charge in [-0.05, 0) is 37.1 Å². The average molecular weight is 306 g/mol. The number of hydrogen-bond donors (Lipinski definition) is 2. The third-order valence-electron chi connectivity index (χ3n) is 4.25. The molecule has 0 aliphatic carbocycles. The van der Waals surface area contributed by atoms with E-state index in [0.29, 0.717) is 18.0 Å². The lowest BCUT2D eigenvalue weighted by Gasteiger charge is -2.27. The second kappa shape index (κ2) is 7.01. The zero-order valence-electron chi connectivity index (χ0n) is 13.9. The molecule has 0 aromatic heterocycles. The molecule has 1 unspecified atom stereocenters. The van der Waals surface area contributed by atoms with Gasteiger partial charge in [0, 0.05) is 12.0 Å². The lowest BCUT2D eigenvalue weighted by molar-refractivity contribution is -0.123. The van der Waals surface area contributed by atoms with Gasteiger partial charge >= 0.3 is 0 Å². The maximum absolute atomic E-state index is 12.1. The molecule has 1 saturated heterocycles. The highest BCUT2D eigenvalue weighted by molar-refractivity contribution is 5.82. The van der Waals surface area contributed by atoms with Crippen LogP contribution in [-0.2, 0) is 10.2 Å². The van der Waals surface area contributed by atoms with Crippen LogP contribution in [0, 0.1) is 0 Å². The third-order valence-corrected chi connectivity index (χ3v) is 4.25. The van der Waals surface area contributed by atoms with E-state index in [4.69, 9.17) is 9.47 Å². The molecule has 1 aromatic carbocycles. The Balaban J connectivity index is 2.04. The van der Waals surface area contributed by atoms with Crippen molar-refractivity contribution in [1.29, 1.82) is 0 Å². The van der Waals surface area contributed by atoms with E-state index in [1.807, 2.05) is 18.2 Å². The Hall–Kier alpha value is -1.75. The molecule has 0 radical (unpaired) electrons. The fraction of sp³-hybridized carbons (Fsp3) is 0.588. The minimum Gasteiger partial charge on any atom is -0.493 e. The standard InChI is InChI=1S/C17H26N2O3/c1-17(2,11-19-16(20)13-6-5-9-18-13)12-7-8-14(21-3)15(10-12)22-4/h7-8,10,13,18H,5-6,9,11H2,1-4H3,(H,19,20). The van der Waals surface area contributed by atoms with Crippen LogP contribution in [0.15, 0.2) is 18.2 Å². The second-order valence-electron chi connectivity index (χ2n) is 6.32. The van der Waals surface area contributed by atoms with Crippen molar-refractivity contribution in [3.63, 3.8) is 0 Å². The Labute approximate surface area is 132 Å². The Kier molecular flexibility index (Phi) is 5.29. The molecule has 122 valence electrons. The molecule has 1 aromatic rings. The van der Waals surface area contributed by atoms with E-state index in [1.54, 1.807) is 14.2 Å². The minimum absolute atomic E-state index is 0.0406. The van der Waals surface area contributed by atoms with E-state index >= 15 is 0 Å². The fourth-order valence-electron chi connectivity index (χ4n) is 2.70. The number of nitrogens with one attached hydrogen (secondary N) is 2. The molecule has 1 fully saturated rings. The topological polar surface area (TPSA) is 59.6 Å². The van der Waals surface area contributed by atoms with Crippen molar-refractivity contribution in [3.05, 3.63) is 23.8 Å². The maximum atomic E-state index is 12.1. The summed E-state index contributed by atoms with van der Waals surface area (Å²) in [6.45, 7) is 5.73. The van der Waals surface area contributed by atoms with Crippen molar-refractivity contribution in [2.24, 2.45) is 0 Å². The van der Waals surface area contributed by atoms with Gasteiger partial charge in [0.2, 0.25) is 5.91 Å². The molecule has 5 heteroatoms. The van der Waals surface area contributed by atoms with Gasteiger partial charge < -0.3 is 20.1 Å². The van der Waals surface area contributed by atoms with Crippen LogP contribution in [-0.4, -0.2) is 39.3 Å². The van der Waals surface area contributed by atoms with Crippen LogP contribution in [0.4, 0.5) is 0 Å². The zero-order valence-corrected chi connectivity index (χ0v) is 13.9. The summed E-state index contributed by atoms with van der Waals surface area (Å²) >= 11 is 0. The number of amides is 1. The number of rotatable bonds is 6. The number of benzene rings is 1. The van der Waals surface area contributed by atoms with Gasteiger partial charge in [0.15, 0.2) is 11.5 Å². The molecule has 2 N–H and O–H groups in total. The molecular weight excluding hydrogens is 280 g/mol. The Morgan fingerprint density at radius 2 is 2.05 bits per heavy atom. The third kappa shape index (κ3) is 3.71. The van der Waals surface area contributed by atoms with Crippen molar-refractivity contribution in [2.75, 3.05) is 27.3 Å². The average Bonchev–Trinajstić information content (AvgIpc) is 3.06. The zero-order chi connectivity index (χ0) is 16.2. The monoisotopic (exact) mass is 306 g/mol. The normalized spacial score (nSPS) is 18.1. The van der Waals surface area contributed by atoms with Crippen LogP contribution in [0.2, 0.25) is 0 Å². The fourth-order valence-corrected chi connectivity index (χ4v) is 2.70. The number of hydrogen-bond acceptors (Lipinski definition) is 4. The van der Waals surface area contributed by atoms with E-state index in [0.717, 1.165) is 24.9 Å². The highest BCUT2D eigenvalue weighted by atomic mass is 16.5. The van der Waals surface area contributed by atoms with Crippen molar-refractivity contribution in [3.8, 4) is 11.5 Å². The molecule has 22 heavy (non-hydrogen) atoms. The first-order chi connectivity index (χ1) is 10.5. The van der Waals surface area contributed by atoms with Crippen molar-refractivity contribution in [1.82, 2.24) is 10.6 Å². The SMILES string of the molecule is COc1ccc(C(C)(C)CNC(=O)C2CCCN2)cc1OC. The van der Waals surface area contributed by atoms with Gasteiger partial charge in [-0.25, -0.2) is 0 Å². The summed E-state index contributed by atoms with van der Waals surface area (Å²) in [5, 5.41) is 6.27. The number of ether oxygens (including phenoxy) is 2. The lowest BCUT2D eigenvalue weighted by Crippen LogP contribution is -2.45. The summed E-state index contributed by atoms with van der Waals surface area (Å²) in [6.07, 6.45) is 1.99. The van der Waals surface area contributed by atoms with Gasteiger partial charge in [0.1, 0.15) is 0 Å². The second-order valence-corrected chi connectivity index (χ2v) is 6.32. The predicted molar refractivity (Wildman–Crippen MR) is 86.6 cm³/mol. The van der Waals surface area contributed by atoms with Gasteiger partial charge in [-0.1, -0.05) is 19.9 Å². The first-order valence-electron chi connectivity index (χ1n) is 7.71. The maximum Gasteiger partial charge on any atom is 0.237 e. The molecule has 2 rings (SSSR count). The van der Waals surface area contributed by atoms with Crippen LogP contribution in [0.1, 0.15) is 32.3 Å². The van der Waals surface area contributed by atoms with E-state index in [9.17, 15) is 4.79 Å². The van der Waals surface area contributed by atoms with E-state index in [2.05, 4.69) is 24.5 Å². The Morgan fingerprint density at radius 3 is 2.64 bits per heavy atom. The number of methoxy groups -OCH3 is 2. The molecular formula is C17H26N2O3. The van der Waals surface area contributed by atoms with E-state index in [1.165, 1.54) is 0 Å². The first-order valence-corrected chi connectivity index (χ1v) is 7.71. The molecule has 1 aliphatic rings. The smallest absolute Gasteiger partial charge is 0.237 e. The summed E-state index contributed by atoms with van der Waals surface area (Å²) < 4.78 is 10.6. The van der Waals surface area contributed by atoms with Crippen LogP contribution in [0.25, 0.3) is 0 Å². The summed E-state index contributed by atoms with van der Waals surface area (Å²) in [5.41, 5.74) is 0.915. The largest absolute Gasteiger partial charge is 0.493 e. The number of carbonyl (C=O) groups is 1. The van der Waals surface area contributed by atoms with Gasteiger partial charge in [-0.3, -0.25) is 4.79 Å². The highest BCUT2D eigenvalue weighted by Gasteiger charge is 2.26. The summed E-state index contributed by atoms with van der Waals surface area (Å²) in [6, 6.07) is 5.84. The van der Waals surface area contributed by atoms with Crippen molar-refractivity contribution in [2.45, 2.75) is 38.1 Å². The quantitative estimate of drug-likeness (QED) is 0.842.